The van der Waals surface area contributed by atoms with Gasteiger partial charge in [-0.25, -0.2) is 13.2 Å². The number of carbonyl (C=O) groups excluding carboxylic acids is 2. The van der Waals surface area contributed by atoms with Gasteiger partial charge in [0.05, 0.1) is 17.5 Å². The van der Waals surface area contributed by atoms with E-state index in [1.54, 1.807) is 24.0 Å². The molecule has 2 atom stereocenters. The van der Waals surface area contributed by atoms with Crippen LogP contribution in [0.2, 0.25) is 0 Å². The lowest BCUT2D eigenvalue weighted by Gasteiger charge is -2.41. The molecule has 44 heavy (non-hydrogen) atoms. The number of aryl methyl sites for hydroxylation is 1. The molecule has 1 N–H and O–H groups in total. The summed E-state index contributed by atoms with van der Waals surface area (Å²) in [4.78, 5) is 31.6. The quantitative estimate of drug-likeness (QED) is 0.311. The predicted molar refractivity (Wildman–Crippen MR) is 167 cm³/mol. The third kappa shape index (κ3) is 7.17. The maximum atomic E-state index is 15.0. The average molecular weight is 606 g/mol. The number of carbonyl (C=O) groups is 2. The summed E-state index contributed by atoms with van der Waals surface area (Å²) in [5, 5.41) is 3.10. The van der Waals surface area contributed by atoms with Crippen molar-refractivity contribution in [3.8, 4) is 0 Å². The molecule has 3 aromatic carbocycles. The largest absolute Gasteiger partial charge is 0.331 e. The van der Waals surface area contributed by atoms with Gasteiger partial charge >= 0.3 is 0 Å². The van der Waals surface area contributed by atoms with Crippen molar-refractivity contribution in [1.29, 1.82) is 0 Å². The van der Waals surface area contributed by atoms with E-state index >= 15 is 4.39 Å². The molecule has 2 saturated heterocycles. The summed E-state index contributed by atoms with van der Waals surface area (Å²) in [6, 6.07) is 19.5. The molecule has 0 spiro atoms. The Morgan fingerprint density at radius 3 is 2.30 bits per heavy atom. The molecule has 8 heteroatoms. The Labute approximate surface area is 258 Å². The fourth-order valence-electron chi connectivity index (χ4n) is 6.37. The summed E-state index contributed by atoms with van der Waals surface area (Å²) in [7, 11) is 0. The molecule has 2 amide bonds. The van der Waals surface area contributed by atoms with Crippen molar-refractivity contribution in [1.82, 2.24) is 9.80 Å². The maximum Gasteiger partial charge on any atom is 0.257 e. The van der Waals surface area contributed by atoms with Crippen LogP contribution >= 0.6 is 0 Å². The van der Waals surface area contributed by atoms with Crippen molar-refractivity contribution < 1.29 is 22.8 Å². The predicted octanol–water partition coefficient (Wildman–Crippen LogP) is 7.89. The molecule has 5 rings (SSSR count). The van der Waals surface area contributed by atoms with Crippen LogP contribution in [0.5, 0.6) is 0 Å². The van der Waals surface area contributed by atoms with E-state index in [-0.39, 0.29) is 29.7 Å². The normalized spacial score (nSPS) is 20.8. The zero-order valence-corrected chi connectivity index (χ0v) is 26.0. The monoisotopic (exact) mass is 605 g/mol. The van der Waals surface area contributed by atoms with Crippen molar-refractivity contribution >= 4 is 17.5 Å². The third-order valence-electron chi connectivity index (χ3n) is 8.98. The van der Waals surface area contributed by atoms with E-state index in [1.165, 1.54) is 6.07 Å². The van der Waals surface area contributed by atoms with E-state index in [0.29, 0.717) is 50.3 Å². The van der Waals surface area contributed by atoms with E-state index < -0.39 is 29.6 Å². The summed E-state index contributed by atoms with van der Waals surface area (Å²) >= 11 is 0. The molecule has 2 aliphatic heterocycles. The van der Waals surface area contributed by atoms with Crippen molar-refractivity contribution in [2.24, 2.45) is 5.92 Å². The van der Waals surface area contributed by atoms with Crippen LogP contribution in [0.15, 0.2) is 66.7 Å². The van der Waals surface area contributed by atoms with Crippen LogP contribution in [-0.2, 0) is 16.8 Å². The molecular weight excluding hydrogens is 563 g/mol. The minimum absolute atomic E-state index is 0.0231. The summed E-state index contributed by atoms with van der Waals surface area (Å²) in [6.07, 6.45) is 0.886. The standard InChI is InChI=1S/C36H42F3N3O2/c1-24-8-5-12-30(37)31(24)34(44)42-19-7-11-29(33(43)40-28-10-6-9-27(22-28)35(2,3)4)32(42)26-15-13-25(14-16-26)23-41-20-17-36(38,39)18-21-41/h5-6,8-10,12-16,22,29,32H,7,11,17-21,23H2,1-4H3,(H,40,43)/t29-,32-/m0/s1. The average Bonchev–Trinajstić information content (AvgIpc) is 2.98. The number of likely N-dealkylation sites (tertiary alicyclic amines) is 2. The fourth-order valence-corrected chi connectivity index (χ4v) is 6.37. The van der Waals surface area contributed by atoms with Gasteiger partial charge in [-0.3, -0.25) is 14.5 Å². The Hall–Kier alpha value is -3.65. The van der Waals surface area contributed by atoms with Crippen LogP contribution in [0.25, 0.3) is 0 Å². The molecule has 0 radical (unpaired) electrons. The molecule has 2 aliphatic rings. The Balaban J connectivity index is 1.44. The number of nitrogens with one attached hydrogen (secondary N) is 1. The second-order valence-corrected chi connectivity index (χ2v) is 13.3. The lowest BCUT2D eigenvalue weighted by atomic mass is 9.82. The van der Waals surface area contributed by atoms with Gasteiger partial charge in [0.1, 0.15) is 5.82 Å². The number of piperidine rings is 2. The number of halogens is 3. The lowest BCUT2D eigenvalue weighted by Crippen LogP contribution is -2.46. The second kappa shape index (κ2) is 12.8. The summed E-state index contributed by atoms with van der Waals surface area (Å²) in [6.45, 7) is 9.67. The number of alkyl halides is 2. The molecule has 2 fully saturated rings. The highest BCUT2D eigenvalue weighted by atomic mass is 19.3. The van der Waals surface area contributed by atoms with Gasteiger partial charge in [-0.2, -0.15) is 0 Å². The highest BCUT2D eigenvalue weighted by Crippen LogP contribution is 2.39. The van der Waals surface area contributed by atoms with E-state index in [9.17, 15) is 18.4 Å². The van der Waals surface area contributed by atoms with Crippen molar-refractivity contribution in [2.45, 2.75) is 77.3 Å². The lowest BCUT2D eigenvalue weighted by molar-refractivity contribution is -0.123. The molecule has 0 saturated carbocycles. The number of nitrogens with zero attached hydrogens (tertiary/aromatic N) is 2. The van der Waals surface area contributed by atoms with E-state index in [4.69, 9.17) is 0 Å². The third-order valence-corrected chi connectivity index (χ3v) is 8.98. The van der Waals surface area contributed by atoms with Crippen molar-refractivity contribution in [2.75, 3.05) is 25.0 Å². The number of anilines is 1. The Morgan fingerprint density at radius 1 is 0.955 bits per heavy atom. The van der Waals surface area contributed by atoms with E-state index in [2.05, 4.69) is 26.1 Å². The molecule has 234 valence electrons. The van der Waals surface area contributed by atoms with Crippen LogP contribution < -0.4 is 5.32 Å². The van der Waals surface area contributed by atoms with Crippen LogP contribution in [-0.4, -0.2) is 47.2 Å². The van der Waals surface area contributed by atoms with Crippen LogP contribution in [0.4, 0.5) is 18.9 Å². The van der Waals surface area contributed by atoms with Gasteiger partial charge < -0.3 is 10.2 Å². The molecule has 0 aromatic heterocycles. The van der Waals surface area contributed by atoms with Gasteiger partial charge in [-0.1, -0.05) is 69.3 Å². The van der Waals surface area contributed by atoms with Gasteiger partial charge in [-0.15, -0.1) is 0 Å². The Kier molecular flexibility index (Phi) is 9.21. The number of hydrogen-bond donors (Lipinski definition) is 1. The minimum Gasteiger partial charge on any atom is -0.331 e. The summed E-state index contributed by atoms with van der Waals surface area (Å²) < 4.78 is 42.3. The van der Waals surface area contributed by atoms with Crippen LogP contribution in [0.3, 0.4) is 0 Å². The first-order valence-electron chi connectivity index (χ1n) is 15.5. The summed E-state index contributed by atoms with van der Waals surface area (Å²) in [5.41, 5.74) is 4.01. The number of rotatable bonds is 6. The van der Waals surface area contributed by atoms with Crippen molar-refractivity contribution in [3.05, 3.63) is 100 Å². The zero-order valence-electron chi connectivity index (χ0n) is 26.0. The molecule has 0 aliphatic carbocycles. The molecule has 0 unspecified atom stereocenters. The topological polar surface area (TPSA) is 52.7 Å². The van der Waals surface area contributed by atoms with E-state index in [0.717, 1.165) is 16.7 Å². The van der Waals surface area contributed by atoms with Crippen LogP contribution in [0.1, 0.15) is 85.1 Å². The maximum absolute atomic E-state index is 15.0. The first kappa shape index (κ1) is 31.8. The number of benzene rings is 3. The van der Waals surface area contributed by atoms with Gasteiger partial charge in [0.15, 0.2) is 0 Å². The summed E-state index contributed by atoms with van der Waals surface area (Å²) in [5.74, 6) is -4.37. The molecule has 2 heterocycles. The van der Waals surface area contributed by atoms with Gasteiger partial charge in [0, 0.05) is 44.7 Å². The highest BCUT2D eigenvalue weighted by molar-refractivity contribution is 5.98. The molecule has 3 aromatic rings. The van der Waals surface area contributed by atoms with Crippen LogP contribution in [0, 0.1) is 18.7 Å². The highest BCUT2D eigenvalue weighted by Gasteiger charge is 2.41. The van der Waals surface area contributed by atoms with Gasteiger partial charge in [-0.05, 0) is 65.6 Å². The molecule has 0 bridgehead atoms. The Morgan fingerprint density at radius 2 is 1.64 bits per heavy atom. The number of hydrogen-bond acceptors (Lipinski definition) is 3. The first-order chi connectivity index (χ1) is 20.8. The smallest absolute Gasteiger partial charge is 0.257 e. The Bertz CT molecular complexity index is 1470. The van der Waals surface area contributed by atoms with Gasteiger partial charge in [0.2, 0.25) is 5.91 Å². The SMILES string of the molecule is Cc1cccc(F)c1C(=O)N1CCC[C@H](C(=O)Nc2cccc(C(C)(C)C)c2)[C@@H]1c1ccc(CN2CCC(F)(F)CC2)cc1. The van der Waals surface area contributed by atoms with Gasteiger partial charge in [0.25, 0.3) is 11.8 Å². The van der Waals surface area contributed by atoms with Crippen molar-refractivity contribution in [3.63, 3.8) is 0 Å². The fraction of sp³-hybridized carbons (Fsp3) is 0.444. The van der Waals surface area contributed by atoms with E-state index in [1.807, 2.05) is 53.4 Å². The second-order valence-electron chi connectivity index (χ2n) is 13.3. The molecular formula is C36H42F3N3O2. The first-order valence-corrected chi connectivity index (χ1v) is 15.5. The molecule has 5 nitrogen and oxygen atoms in total. The number of amides is 2. The minimum atomic E-state index is -2.60. The zero-order chi connectivity index (χ0) is 31.6.